The Labute approximate surface area is 173 Å². The van der Waals surface area contributed by atoms with Crippen LogP contribution in [0.3, 0.4) is 0 Å². The molecule has 0 aliphatic carbocycles. The van der Waals surface area contributed by atoms with E-state index in [1.54, 1.807) is 0 Å². The topological polar surface area (TPSA) is 96.3 Å². The van der Waals surface area contributed by atoms with Crippen molar-refractivity contribution < 1.29 is 29.3 Å². The summed E-state index contributed by atoms with van der Waals surface area (Å²) in [6.07, 6.45) is 1.73. The quantitative estimate of drug-likeness (QED) is 0.569. The number of ether oxygens (including phenoxy) is 2. The van der Waals surface area contributed by atoms with Crippen LogP contribution in [0.5, 0.6) is 5.75 Å². The second-order valence-electron chi connectivity index (χ2n) is 8.58. The number of morpholine rings is 1. The standard InChI is InChI=1S/C20H33NO2.C2H2O4/c1-15-8-9-18(20(4,5)6)19(12-15)22-11-7-10-21-13-16(2)23-17(3)14-21;3-1(4)2(5)6/h8-9,12,16-17H,7,10-11,13-14H2,1-6H3;(H,3,4)(H,5,6). The molecule has 2 N–H and O–H groups in total. The third kappa shape index (κ3) is 9.28. The highest BCUT2D eigenvalue weighted by atomic mass is 16.5. The molecule has 2 unspecified atom stereocenters. The highest BCUT2D eigenvalue weighted by Crippen LogP contribution is 2.32. The fraction of sp³-hybridized carbons (Fsp3) is 0.636. The van der Waals surface area contributed by atoms with Crippen LogP contribution in [0.1, 0.15) is 52.2 Å². The van der Waals surface area contributed by atoms with Crippen molar-refractivity contribution in [1.82, 2.24) is 4.90 Å². The molecule has 1 aliphatic rings. The number of carbonyl (C=O) groups is 2. The molecule has 0 radical (unpaired) electrons. The molecule has 0 saturated carbocycles. The molecule has 1 heterocycles. The zero-order valence-electron chi connectivity index (χ0n) is 18.4. The molecule has 7 heteroatoms. The van der Waals surface area contributed by atoms with Crippen LogP contribution in [0.25, 0.3) is 0 Å². The van der Waals surface area contributed by atoms with Crippen LogP contribution in [0.2, 0.25) is 0 Å². The second-order valence-corrected chi connectivity index (χ2v) is 8.58. The lowest BCUT2D eigenvalue weighted by Crippen LogP contribution is -2.45. The Hall–Kier alpha value is -2.12. The summed E-state index contributed by atoms with van der Waals surface area (Å²) in [4.78, 5) is 20.7. The smallest absolute Gasteiger partial charge is 0.414 e. The third-order valence-electron chi connectivity index (χ3n) is 4.50. The molecular weight excluding hydrogens is 374 g/mol. The maximum Gasteiger partial charge on any atom is 0.414 e. The SMILES string of the molecule is Cc1ccc(C(C)(C)C)c(OCCCN2CC(C)OC(C)C2)c1.O=C(O)C(=O)O. The van der Waals surface area contributed by atoms with Gasteiger partial charge in [0.25, 0.3) is 0 Å². The van der Waals surface area contributed by atoms with E-state index in [0.717, 1.165) is 38.4 Å². The van der Waals surface area contributed by atoms with Gasteiger partial charge < -0.3 is 19.7 Å². The molecular formula is C22H35NO6. The minimum atomic E-state index is -1.82. The van der Waals surface area contributed by atoms with Gasteiger partial charge in [-0.1, -0.05) is 32.9 Å². The van der Waals surface area contributed by atoms with Gasteiger partial charge in [0.15, 0.2) is 0 Å². The van der Waals surface area contributed by atoms with Crippen LogP contribution in [0.15, 0.2) is 18.2 Å². The zero-order chi connectivity index (χ0) is 22.2. The summed E-state index contributed by atoms with van der Waals surface area (Å²) in [5.41, 5.74) is 2.65. The number of hydrogen-bond donors (Lipinski definition) is 2. The van der Waals surface area contributed by atoms with Gasteiger partial charge in [-0.25, -0.2) is 9.59 Å². The van der Waals surface area contributed by atoms with Gasteiger partial charge in [0.2, 0.25) is 0 Å². The number of benzene rings is 1. The molecule has 164 valence electrons. The van der Waals surface area contributed by atoms with E-state index in [1.807, 2.05) is 0 Å². The van der Waals surface area contributed by atoms with Crippen LogP contribution in [-0.2, 0) is 19.7 Å². The van der Waals surface area contributed by atoms with Crippen LogP contribution < -0.4 is 4.74 Å². The van der Waals surface area contributed by atoms with E-state index in [1.165, 1.54) is 11.1 Å². The molecule has 2 atom stereocenters. The summed E-state index contributed by atoms with van der Waals surface area (Å²) in [5, 5.41) is 14.8. The average molecular weight is 410 g/mol. The van der Waals surface area contributed by atoms with Gasteiger partial charge in [-0.15, -0.1) is 0 Å². The number of aryl methyl sites for hydroxylation is 1. The third-order valence-corrected chi connectivity index (χ3v) is 4.50. The Morgan fingerprint density at radius 3 is 2.17 bits per heavy atom. The summed E-state index contributed by atoms with van der Waals surface area (Å²) >= 11 is 0. The highest BCUT2D eigenvalue weighted by molar-refractivity contribution is 6.27. The maximum absolute atomic E-state index is 9.10. The van der Waals surface area contributed by atoms with E-state index < -0.39 is 11.9 Å². The van der Waals surface area contributed by atoms with Gasteiger partial charge in [-0.3, -0.25) is 4.90 Å². The van der Waals surface area contributed by atoms with E-state index in [4.69, 9.17) is 29.3 Å². The van der Waals surface area contributed by atoms with E-state index in [0.29, 0.717) is 12.2 Å². The first-order valence-electron chi connectivity index (χ1n) is 9.98. The van der Waals surface area contributed by atoms with Crippen LogP contribution in [0.4, 0.5) is 0 Å². The Morgan fingerprint density at radius 1 is 1.14 bits per heavy atom. The molecule has 29 heavy (non-hydrogen) atoms. The molecule has 7 nitrogen and oxygen atoms in total. The van der Waals surface area contributed by atoms with Crippen molar-refractivity contribution in [1.29, 1.82) is 0 Å². The molecule has 0 bridgehead atoms. The fourth-order valence-corrected chi connectivity index (χ4v) is 3.31. The average Bonchev–Trinajstić information content (AvgIpc) is 2.57. The molecule has 1 aliphatic heterocycles. The first-order chi connectivity index (χ1) is 13.4. The first-order valence-corrected chi connectivity index (χ1v) is 9.98. The predicted octanol–water partition coefficient (Wildman–Crippen LogP) is 3.33. The lowest BCUT2D eigenvalue weighted by Gasteiger charge is -2.35. The minimum absolute atomic E-state index is 0.109. The number of rotatable bonds is 5. The molecule has 0 amide bonds. The van der Waals surface area contributed by atoms with Gasteiger partial charge in [-0.2, -0.15) is 0 Å². The van der Waals surface area contributed by atoms with Crippen molar-refractivity contribution in [2.24, 2.45) is 0 Å². The maximum atomic E-state index is 9.10. The van der Waals surface area contributed by atoms with Crippen molar-refractivity contribution in [3.8, 4) is 5.75 Å². The molecule has 1 aromatic carbocycles. The van der Waals surface area contributed by atoms with Crippen molar-refractivity contribution in [3.05, 3.63) is 29.3 Å². The fourth-order valence-electron chi connectivity index (χ4n) is 3.31. The molecule has 1 fully saturated rings. The number of carboxylic acid groups (broad SMARTS) is 2. The van der Waals surface area contributed by atoms with Gasteiger partial charge in [0.05, 0.1) is 18.8 Å². The predicted molar refractivity (Wildman–Crippen MR) is 112 cm³/mol. The van der Waals surface area contributed by atoms with Gasteiger partial charge in [0, 0.05) is 19.6 Å². The Balaban J connectivity index is 0.000000612. The molecule has 0 aromatic heterocycles. The Kier molecular flexibility index (Phi) is 9.59. The summed E-state index contributed by atoms with van der Waals surface area (Å²) in [7, 11) is 0. The summed E-state index contributed by atoms with van der Waals surface area (Å²) < 4.78 is 11.9. The van der Waals surface area contributed by atoms with Crippen molar-refractivity contribution in [3.63, 3.8) is 0 Å². The van der Waals surface area contributed by atoms with Gasteiger partial charge in [0.1, 0.15) is 5.75 Å². The summed E-state index contributed by atoms with van der Waals surface area (Å²) in [6, 6.07) is 6.54. The summed E-state index contributed by atoms with van der Waals surface area (Å²) in [5.74, 6) is -2.61. The lowest BCUT2D eigenvalue weighted by molar-refractivity contribution is -0.159. The lowest BCUT2D eigenvalue weighted by atomic mass is 9.86. The largest absolute Gasteiger partial charge is 0.493 e. The molecule has 1 saturated heterocycles. The van der Waals surface area contributed by atoms with Gasteiger partial charge in [-0.05, 0) is 49.8 Å². The number of hydrogen-bond acceptors (Lipinski definition) is 5. The van der Waals surface area contributed by atoms with Crippen molar-refractivity contribution in [2.75, 3.05) is 26.2 Å². The summed E-state index contributed by atoms with van der Waals surface area (Å²) in [6.45, 7) is 17.0. The normalized spacial score (nSPS) is 19.8. The molecule has 0 spiro atoms. The zero-order valence-corrected chi connectivity index (χ0v) is 18.4. The van der Waals surface area contributed by atoms with E-state index in [9.17, 15) is 0 Å². The first kappa shape index (κ1) is 24.9. The minimum Gasteiger partial charge on any atom is -0.493 e. The Bertz CT molecular complexity index is 660. The van der Waals surface area contributed by atoms with E-state index >= 15 is 0 Å². The van der Waals surface area contributed by atoms with Crippen LogP contribution in [-0.4, -0.2) is 65.5 Å². The van der Waals surface area contributed by atoms with E-state index in [2.05, 4.69) is 64.6 Å². The second kappa shape index (κ2) is 11.2. The molecule has 1 aromatic rings. The number of aliphatic carboxylic acids is 2. The van der Waals surface area contributed by atoms with Crippen LogP contribution in [0, 0.1) is 6.92 Å². The van der Waals surface area contributed by atoms with Crippen molar-refractivity contribution in [2.45, 2.75) is 65.6 Å². The van der Waals surface area contributed by atoms with Crippen molar-refractivity contribution >= 4 is 11.9 Å². The Morgan fingerprint density at radius 2 is 1.69 bits per heavy atom. The molecule has 2 rings (SSSR count). The number of carboxylic acids is 2. The van der Waals surface area contributed by atoms with E-state index in [-0.39, 0.29) is 5.41 Å². The monoisotopic (exact) mass is 409 g/mol. The van der Waals surface area contributed by atoms with Gasteiger partial charge >= 0.3 is 11.9 Å². The number of nitrogens with zero attached hydrogens (tertiary/aromatic N) is 1. The van der Waals surface area contributed by atoms with Crippen LogP contribution >= 0.6 is 0 Å². The highest BCUT2D eigenvalue weighted by Gasteiger charge is 2.22.